The van der Waals surface area contributed by atoms with E-state index in [-0.39, 0.29) is 0 Å². The highest BCUT2D eigenvalue weighted by atomic mass is 32.2. The van der Waals surface area contributed by atoms with Gasteiger partial charge >= 0.3 is 0 Å². The molecular weight excluding hydrogens is 204 g/mol. The van der Waals surface area contributed by atoms with E-state index in [0.717, 1.165) is 29.7 Å². The standard InChI is InChI=1S/C12H22N2S/c1-4-9-6-11(9)14-12-13-7-10(15-12)5-8(2)3/h8-11H,4-7H2,1-3H3,(H,13,14). The monoisotopic (exact) mass is 226 g/mol. The molecule has 86 valence electrons. The summed E-state index contributed by atoms with van der Waals surface area (Å²) in [6.07, 6.45) is 3.96. The predicted molar refractivity (Wildman–Crippen MR) is 68.5 cm³/mol. The number of nitrogens with zero attached hydrogens (tertiary/aromatic N) is 1. The van der Waals surface area contributed by atoms with Crippen molar-refractivity contribution in [3.63, 3.8) is 0 Å². The minimum absolute atomic E-state index is 0.728. The Labute approximate surface area is 97.3 Å². The summed E-state index contributed by atoms with van der Waals surface area (Å²) in [6, 6.07) is 0.735. The van der Waals surface area contributed by atoms with Crippen molar-refractivity contribution in [2.75, 3.05) is 6.54 Å². The van der Waals surface area contributed by atoms with E-state index in [0.29, 0.717) is 0 Å². The minimum Gasteiger partial charge on any atom is -0.362 e. The summed E-state index contributed by atoms with van der Waals surface area (Å²) >= 11 is 1.96. The molecular formula is C12H22N2S. The first-order valence-electron chi connectivity index (χ1n) is 6.16. The first-order valence-corrected chi connectivity index (χ1v) is 7.04. The van der Waals surface area contributed by atoms with Gasteiger partial charge in [0.2, 0.25) is 0 Å². The van der Waals surface area contributed by atoms with E-state index in [4.69, 9.17) is 0 Å². The number of thioether (sulfide) groups is 1. The maximum atomic E-state index is 4.59. The van der Waals surface area contributed by atoms with E-state index in [1.54, 1.807) is 0 Å². The Morgan fingerprint density at radius 3 is 2.93 bits per heavy atom. The molecule has 1 saturated carbocycles. The molecule has 0 aromatic carbocycles. The van der Waals surface area contributed by atoms with Crippen LogP contribution in [0.3, 0.4) is 0 Å². The van der Waals surface area contributed by atoms with Gasteiger partial charge in [-0.05, 0) is 24.7 Å². The van der Waals surface area contributed by atoms with Crippen LogP contribution in [0.2, 0.25) is 0 Å². The summed E-state index contributed by atoms with van der Waals surface area (Å²) in [5, 5.41) is 5.51. The largest absolute Gasteiger partial charge is 0.362 e. The van der Waals surface area contributed by atoms with Crippen molar-refractivity contribution in [2.24, 2.45) is 16.8 Å². The number of amidine groups is 1. The normalized spacial score (nSPS) is 34.4. The lowest BCUT2D eigenvalue weighted by molar-refractivity contribution is 0.575. The molecule has 0 saturated heterocycles. The second kappa shape index (κ2) is 4.77. The third-order valence-corrected chi connectivity index (χ3v) is 4.35. The Hall–Kier alpha value is -0.180. The highest BCUT2D eigenvalue weighted by Gasteiger charge is 2.37. The predicted octanol–water partition coefficient (Wildman–Crippen LogP) is 2.89. The van der Waals surface area contributed by atoms with Crippen molar-refractivity contribution >= 4 is 16.9 Å². The SMILES string of the molecule is CCC1CC1NC1=NCC(CC(C)C)S1. The topological polar surface area (TPSA) is 24.4 Å². The van der Waals surface area contributed by atoms with Crippen LogP contribution in [0.25, 0.3) is 0 Å². The molecule has 0 aromatic rings. The molecule has 0 aromatic heterocycles. The highest BCUT2D eigenvalue weighted by Crippen LogP contribution is 2.35. The van der Waals surface area contributed by atoms with Crippen molar-refractivity contribution in [3.05, 3.63) is 0 Å². The number of rotatable bonds is 4. The molecule has 1 aliphatic carbocycles. The molecule has 3 atom stereocenters. The van der Waals surface area contributed by atoms with E-state index in [9.17, 15) is 0 Å². The second-order valence-electron chi connectivity index (χ2n) is 5.17. The van der Waals surface area contributed by atoms with E-state index in [2.05, 4.69) is 31.1 Å². The van der Waals surface area contributed by atoms with Crippen LogP contribution in [-0.4, -0.2) is 23.0 Å². The Morgan fingerprint density at radius 2 is 2.33 bits per heavy atom. The number of hydrogen-bond acceptors (Lipinski definition) is 3. The third kappa shape index (κ3) is 3.13. The number of hydrogen-bond donors (Lipinski definition) is 1. The lowest BCUT2D eigenvalue weighted by Gasteiger charge is -2.11. The average Bonchev–Trinajstić information content (AvgIpc) is 2.78. The first-order chi connectivity index (χ1) is 7.19. The molecule has 0 bridgehead atoms. The van der Waals surface area contributed by atoms with Crippen LogP contribution in [0.4, 0.5) is 0 Å². The molecule has 1 aliphatic heterocycles. The second-order valence-corrected chi connectivity index (χ2v) is 6.46. The zero-order chi connectivity index (χ0) is 10.8. The molecule has 1 fully saturated rings. The summed E-state index contributed by atoms with van der Waals surface area (Å²) in [5.74, 6) is 1.71. The molecule has 0 amide bonds. The molecule has 0 radical (unpaired) electrons. The van der Waals surface area contributed by atoms with Gasteiger partial charge in [-0.15, -0.1) is 0 Å². The van der Waals surface area contributed by atoms with Gasteiger partial charge in [-0.1, -0.05) is 39.0 Å². The van der Waals surface area contributed by atoms with E-state index < -0.39 is 0 Å². The van der Waals surface area contributed by atoms with E-state index in [1.165, 1.54) is 24.4 Å². The van der Waals surface area contributed by atoms with Gasteiger partial charge in [0.25, 0.3) is 0 Å². The fourth-order valence-corrected chi connectivity index (χ4v) is 3.49. The van der Waals surface area contributed by atoms with Gasteiger partial charge in [-0.3, -0.25) is 4.99 Å². The molecule has 15 heavy (non-hydrogen) atoms. The number of nitrogens with one attached hydrogen (secondary N) is 1. The third-order valence-electron chi connectivity index (χ3n) is 3.21. The van der Waals surface area contributed by atoms with Gasteiger partial charge in [-0.25, -0.2) is 0 Å². The van der Waals surface area contributed by atoms with Gasteiger partial charge in [0.1, 0.15) is 0 Å². The maximum absolute atomic E-state index is 4.59. The van der Waals surface area contributed by atoms with Crippen LogP contribution in [-0.2, 0) is 0 Å². The Balaban J connectivity index is 1.69. The quantitative estimate of drug-likeness (QED) is 0.797. The van der Waals surface area contributed by atoms with Gasteiger partial charge in [0.05, 0.1) is 6.54 Å². The lowest BCUT2D eigenvalue weighted by atomic mass is 10.1. The minimum atomic E-state index is 0.728. The van der Waals surface area contributed by atoms with Crippen molar-refractivity contribution in [3.8, 4) is 0 Å². The fourth-order valence-electron chi connectivity index (χ4n) is 2.18. The molecule has 3 heteroatoms. The Morgan fingerprint density at radius 1 is 1.53 bits per heavy atom. The highest BCUT2D eigenvalue weighted by molar-refractivity contribution is 8.14. The summed E-state index contributed by atoms with van der Waals surface area (Å²) in [5.41, 5.74) is 0. The molecule has 1 N–H and O–H groups in total. The zero-order valence-corrected chi connectivity index (χ0v) is 10.8. The van der Waals surface area contributed by atoms with Crippen molar-refractivity contribution in [1.82, 2.24) is 5.32 Å². The number of aliphatic imine (C=N–C) groups is 1. The van der Waals surface area contributed by atoms with Crippen molar-refractivity contribution in [1.29, 1.82) is 0 Å². The van der Waals surface area contributed by atoms with Gasteiger partial charge in [0, 0.05) is 11.3 Å². The Kier molecular flexibility index (Phi) is 3.60. The summed E-state index contributed by atoms with van der Waals surface area (Å²) in [6.45, 7) is 7.88. The summed E-state index contributed by atoms with van der Waals surface area (Å²) < 4.78 is 0. The summed E-state index contributed by atoms with van der Waals surface area (Å²) in [7, 11) is 0. The molecule has 0 spiro atoms. The van der Waals surface area contributed by atoms with Crippen LogP contribution in [0.15, 0.2) is 4.99 Å². The van der Waals surface area contributed by atoms with Crippen LogP contribution >= 0.6 is 11.8 Å². The van der Waals surface area contributed by atoms with Crippen molar-refractivity contribution < 1.29 is 0 Å². The van der Waals surface area contributed by atoms with Crippen molar-refractivity contribution in [2.45, 2.75) is 51.3 Å². The lowest BCUT2D eigenvalue weighted by Crippen LogP contribution is -2.23. The Bertz CT molecular complexity index is 250. The smallest absolute Gasteiger partial charge is 0.157 e. The zero-order valence-electron chi connectivity index (χ0n) is 9.99. The molecule has 2 nitrogen and oxygen atoms in total. The van der Waals surface area contributed by atoms with E-state index in [1.807, 2.05) is 11.8 Å². The first kappa shape index (κ1) is 11.3. The van der Waals surface area contributed by atoms with Crippen LogP contribution in [0.5, 0.6) is 0 Å². The molecule has 3 unspecified atom stereocenters. The molecule has 2 rings (SSSR count). The van der Waals surface area contributed by atoms with Crippen LogP contribution in [0.1, 0.15) is 40.0 Å². The van der Waals surface area contributed by atoms with Gasteiger partial charge < -0.3 is 5.32 Å². The molecule has 1 heterocycles. The van der Waals surface area contributed by atoms with Gasteiger partial charge in [-0.2, -0.15) is 0 Å². The fraction of sp³-hybridized carbons (Fsp3) is 0.917. The average molecular weight is 226 g/mol. The maximum Gasteiger partial charge on any atom is 0.157 e. The molecule has 2 aliphatic rings. The van der Waals surface area contributed by atoms with Crippen LogP contribution < -0.4 is 5.32 Å². The van der Waals surface area contributed by atoms with Gasteiger partial charge in [0.15, 0.2) is 5.17 Å². The van der Waals surface area contributed by atoms with Crippen LogP contribution in [0, 0.1) is 11.8 Å². The van der Waals surface area contributed by atoms with E-state index >= 15 is 0 Å². The summed E-state index contributed by atoms with van der Waals surface area (Å²) in [4.78, 5) is 4.59.